The number of rotatable bonds is 6. The van der Waals surface area contributed by atoms with E-state index in [0.29, 0.717) is 11.5 Å². The van der Waals surface area contributed by atoms with Crippen molar-refractivity contribution < 1.29 is 27.4 Å². The summed E-state index contributed by atoms with van der Waals surface area (Å²) in [5, 5.41) is 4.87. The summed E-state index contributed by atoms with van der Waals surface area (Å²) in [6.45, 7) is 1.99. The molecule has 0 saturated carbocycles. The van der Waals surface area contributed by atoms with E-state index in [0.717, 1.165) is 16.3 Å². The topological polar surface area (TPSA) is 47.6 Å². The van der Waals surface area contributed by atoms with Crippen LogP contribution in [0.25, 0.3) is 10.8 Å². The van der Waals surface area contributed by atoms with Gasteiger partial charge in [0, 0.05) is 13.0 Å². The molecule has 3 aromatic rings. The zero-order chi connectivity index (χ0) is 21.9. The quantitative estimate of drug-likeness (QED) is 0.483. The average Bonchev–Trinajstić information content (AvgIpc) is 2.66. The van der Waals surface area contributed by atoms with Crippen molar-refractivity contribution in [1.82, 2.24) is 5.32 Å². The molecular formula is C22H19ClF3NO3. The lowest BCUT2D eigenvalue weighted by atomic mass is 10.0. The Hall–Kier alpha value is -2.93. The van der Waals surface area contributed by atoms with Crippen LogP contribution >= 0.6 is 11.6 Å². The summed E-state index contributed by atoms with van der Waals surface area (Å²) in [7, 11) is 0. The van der Waals surface area contributed by atoms with Crippen LogP contribution in [0.3, 0.4) is 0 Å². The maximum absolute atomic E-state index is 12.3. The summed E-state index contributed by atoms with van der Waals surface area (Å²) in [5.41, 5.74) is 0.976. The Morgan fingerprint density at radius 2 is 1.70 bits per heavy atom. The Bertz CT molecular complexity index is 1070. The molecule has 0 fully saturated rings. The van der Waals surface area contributed by atoms with Crippen LogP contribution in [0, 0.1) is 0 Å². The van der Waals surface area contributed by atoms with Crippen LogP contribution in [0.1, 0.15) is 25.5 Å². The van der Waals surface area contributed by atoms with Crippen LogP contribution in [0.5, 0.6) is 17.2 Å². The molecule has 8 heteroatoms. The first-order chi connectivity index (χ1) is 14.1. The summed E-state index contributed by atoms with van der Waals surface area (Å²) >= 11 is 6.12. The molecule has 0 aromatic heterocycles. The molecule has 1 atom stereocenters. The lowest BCUT2D eigenvalue weighted by Crippen LogP contribution is -2.23. The van der Waals surface area contributed by atoms with Gasteiger partial charge in [0.05, 0.1) is 11.1 Å². The Balaban J connectivity index is 1.75. The van der Waals surface area contributed by atoms with Crippen molar-refractivity contribution >= 4 is 28.3 Å². The fourth-order valence-corrected chi connectivity index (χ4v) is 3.12. The zero-order valence-electron chi connectivity index (χ0n) is 16.2. The molecule has 0 aliphatic heterocycles. The third-order valence-corrected chi connectivity index (χ3v) is 4.58. The summed E-state index contributed by atoms with van der Waals surface area (Å²) in [5.74, 6) is 0.726. The molecular weight excluding hydrogens is 419 g/mol. The maximum Gasteiger partial charge on any atom is 0.422 e. The molecule has 0 aliphatic carbocycles. The first-order valence-electron chi connectivity index (χ1n) is 9.08. The molecule has 0 heterocycles. The third-order valence-electron chi connectivity index (χ3n) is 4.29. The van der Waals surface area contributed by atoms with E-state index in [2.05, 4.69) is 10.1 Å². The predicted octanol–water partition coefficient (Wildman–Crippen LogP) is 6.42. The molecule has 3 rings (SSSR count). The van der Waals surface area contributed by atoms with Gasteiger partial charge in [-0.15, -0.1) is 0 Å². The van der Waals surface area contributed by atoms with E-state index < -0.39 is 12.8 Å². The van der Waals surface area contributed by atoms with Gasteiger partial charge in [-0.3, -0.25) is 4.79 Å². The zero-order valence-corrected chi connectivity index (χ0v) is 17.0. The highest BCUT2D eigenvalue weighted by molar-refractivity contribution is 6.32. The van der Waals surface area contributed by atoms with Crippen LogP contribution < -0.4 is 14.8 Å². The van der Waals surface area contributed by atoms with Crippen LogP contribution in [0.4, 0.5) is 13.2 Å². The van der Waals surface area contributed by atoms with Gasteiger partial charge in [0.2, 0.25) is 5.91 Å². The van der Waals surface area contributed by atoms with Gasteiger partial charge in [-0.1, -0.05) is 29.8 Å². The number of alkyl halides is 3. The minimum Gasteiger partial charge on any atom is -0.484 e. The van der Waals surface area contributed by atoms with Crippen LogP contribution in [0.15, 0.2) is 54.6 Å². The fourth-order valence-electron chi connectivity index (χ4n) is 2.91. The highest BCUT2D eigenvalue weighted by Gasteiger charge is 2.28. The van der Waals surface area contributed by atoms with Crippen molar-refractivity contribution in [2.45, 2.75) is 26.1 Å². The number of ether oxygens (including phenoxy) is 2. The van der Waals surface area contributed by atoms with Crippen molar-refractivity contribution in [3.8, 4) is 17.2 Å². The number of carbonyl (C=O) groups excluding carboxylic acids is 1. The van der Waals surface area contributed by atoms with E-state index in [1.807, 2.05) is 37.3 Å². The van der Waals surface area contributed by atoms with Crippen molar-refractivity contribution in [3.63, 3.8) is 0 Å². The first kappa shape index (κ1) is 21.8. The van der Waals surface area contributed by atoms with Gasteiger partial charge in [-0.25, -0.2) is 0 Å². The first-order valence-corrected chi connectivity index (χ1v) is 9.46. The molecule has 0 spiro atoms. The van der Waals surface area contributed by atoms with Gasteiger partial charge >= 0.3 is 6.18 Å². The fraction of sp³-hybridized carbons (Fsp3) is 0.227. The monoisotopic (exact) mass is 437 g/mol. The summed E-state index contributed by atoms with van der Waals surface area (Å²) in [4.78, 5) is 11.2. The largest absolute Gasteiger partial charge is 0.484 e. The van der Waals surface area contributed by atoms with Gasteiger partial charge in [-0.2, -0.15) is 13.2 Å². The second-order valence-electron chi connectivity index (χ2n) is 6.79. The van der Waals surface area contributed by atoms with Crippen molar-refractivity contribution in [1.29, 1.82) is 0 Å². The molecule has 1 N–H and O–H groups in total. The van der Waals surface area contributed by atoms with E-state index in [4.69, 9.17) is 16.3 Å². The minimum atomic E-state index is -4.42. The SMILES string of the molecule is CC(=O)NC(C)c1ccc2cc(Oc3ccc(OCC(F)(F)F)cc3Cl)ccc2c1. The lowest BCUT2D eigenvalue weighted by molar-refractivity contribution is -0.153. The smallest absolute Gasteiger partial charge is 0.422 e. The second-order valence-corrected chi connectivity index (χ2v) is 7.20. The van der Waals surface area contributed by atoms with Crippen molar-refractivity contribution in [2.75, 3.05) is 6.61 Å². The number of nitrogens with one attached hydrogen (secondary N) is 1. The van der Waals surface area contributed by atoms with Gasteiger partial charge in [0.25, 0.3) is 0 Å². The predicted molar refractivity (Wildman–Crippen MR) is 109 cm³/mol. The molecule has 1 unspecified atom stereocenters. The Kier molecular flexibility index (Phi) is 6.41. The number of benzene rings is 3. The molecule has 1 amide bonds. The normalized spacial score (nSPS) is 12.5. The highest BCUT2D eigenvalue weighted by atomic mass is 35.5. The van der Waals surface area contributed by atoms with Crippen LogP contribution in [0.2, 0.25) is 5.02 Å². The second kappa shape index (κ2) is 8.83. The average molecular weight is 438 g/mol. The number of carbonyl (C=O) groups is 1. The van der Waals surface area contributed by atoms with Crippen LogP contribution in [-0.2, 0) is 4.79 Å². The van der Waals surface area contributed by atoms with Gasteiger partial charge < -0.3 is 14.8 Å². The number of hydrogen-bond acceptors (Lipinski definition) is 3. The van der Waals surface area contributed by atoms with Crippen molar-refractivity contribution in [3.05, 3.63) is 65.2 Å². The van der Waals surface area contributed by atoms with Crippen molar-refractivity contribution in [2.24, 2.45) is 0 Å². The molecule has 0 radical (unpaired) electrons. The van der Waals surface area contributed by atoms with Gasteiger partial charge in [0.1, 0.15) is 17.2 Å². The maximum atomic E-state index is 12.3. The number of halogens is 4. The molecule has 0 aliphatic rings. The lowest BCUT2D eigenvalue weighted by Gasteiger charge is -2.14. The van der Waals surface area contributed by atoms with E-state index in [9.17, 15) is 18.0 Å². The molecule has 30 heavy (non-hydrogen) atoms. The standard InChI is InChI=1S/C22H19ClF3NO3/c1-13(27-14(2)28)15-3-4-17-10-19(6-5-16(17)9-15)30-21-8-7-18(11-20(21)23)29-12-22(24,25)26/h3-11,13H,12H2,1-2H3,(H,27,28). The Morgan fingerprint density at radius 3 is 2.37 bits per heavy atom. The van der Waals surface area contributed by atoms with Gasteiger partial charge in [-0.05, 0) is 53.6 Å². The number of amides is 1. The summed E-state index contributed by atoms with van der Waals surface area (Å²) < 4.78 is 47.2. The molecule has 0 saturated heterocycles. The van der Waals surface area contributed by atoms with E-state index in [1.165, 1.54) is 25.1 Å². The molecule has 0 bridgehead atoms. The van der Waals surface area contributed by atoms with E-state index in [1.54, 1.807) is 6.07 Å². The Labute approximate surface area is 176 Å². The van der Waals surface area contributed by atoms with Gasteiger partial charge in [0.15, 0.2) is 6.61 Å². The number of fused-ring (bicyclic) bond motifs is 1. The number of hydrogen-bond donors (Lipinski definition) is 1. The highest BCUT2D eigenvalue weighted by Crippen LogP contribution is 2.34. The minimum absolute atomic E-state index is 0.00371. The molecule has 3 aromatic carbocycles. The summed E-state index contributed by atoms with van der Waals surface area (Å²) in [6, 6.07) is 15.3. The van der Waals surface area contributed by atoms with E-state index in [-0.39, 0.29) is 22.7 Å². The van der Waals surface area contributed by atoms with E-state index >= 15 is 0 Å². The third kappa shape index (κ3) is 5.79. The molecule has 4 nitrogen and oxygen atoms in total. The van der Waals surface area contributed by atoms with Crippen LogP contribution in [-0.4, -0.2) is 18.7 Å². The summed E-state index contributed by atoms with van der Waals surface area (Å²) in [6.07, 6.45) is -4.42. The Morgan fingerprint density at radius 1 is 1.03 bits per heavy atom. The molecule has 158 valence electrons.